The number of anilines is 5. The van der Waals surface area contributed by atoms with E-state index in [0.717, 1.165) is 83.1 Å². The number of hydrogen-bond donors (Lipinski definition) is 6. The molecule has 3 aliphatic rings. The van der Waals surface area contributed by atoms with Crippen molar-refractivity contribution in [1.82, 2.24) is 54.3 Å². The van der Waals surface area contributed by atoms with Gasteiger partial charge in [0.05, 0.1) is 76.6 Å². The van der Waals surface area contributed by atoms with Gasteiger partial charge in [0.1, 0.15) is 86.9 Å². The number of nitrogens with two attached hydrogens (primary N) is 4. The summed E-state index contributed by atoms with van der Waals surface area (Å²) in [7, 11) is 6.38. The zero-order valence-corrected chi connectivity index (χ0v) is 61.8. The van der Waals surface area contributed by atoms with Crippen LogP contribution in [0, 0.1) is 13.8 Å². The van der Waals surface area contributed by atoms with E-state index in [0.29, 0.717) is 105 Å². The molecular formula is C72H87Cl3N18O10. The van der Waals surface area contributed by atoms with Gasteiger partial charge in [0.25, 0.3) is 0 Å². The fraction of sp³-hybridized carbons (Fsp3) is 0.375. The Bertz CT molecular complexity index is 4600. The molecule has 3 amide bonds. The summed E-state index contributed by atoms with van der Waals surface area (Å²) in [4.78, 5) is 73.0. The van der Waals surface area contributed by atoms with Gasteiger partial charge in [0.2, 0.25) is 40.0 Å². The van der Waals surface area contributed by atoms with Crippen LogP contribution in [0.4, 0.5) is 29.2 Å². The number of amides is 3. The number of aromatic nitrogens is 10. The van der Waals surface area contributed by atoms with E-state index in [1.807, 2.05) is 142 Å². The van der Waals surface area contributed by atoms with Gasteiger partial charge in [0.15, 0.2) is 17.3 Å². The molecule has 3 aliphatic heterocycles. The number of carbonyl (C=O) groups excluding carboxylic acids is 3. The van der Waals surface area contributed by atoms with Gasteiger partial charge in [-0.15, -0.1) is 0 Å². The molecule has 0 spiro atoms. The summed E-state index contributed by atoms with van der Waals surface area (Å²) >= 11 is 17.9. The number of nitrogen functional groups attached to an aromatic ring is 1. The number of primary amides is 3. The average molecular weight is 1470 g/mol. The molecule has 0 saturated carbocycles. The lowest BCUT2D eigenvalue weighted by Crippen LogP contribution is -2.41. The maximum Gasteiger partial charge on any atom is 0.240 e. The number of methoxy groups -OCH3 is 4. The van der Waals surface area contributed by atoms with Crippen molar-refractivity contribution in [1.29, 1.82) is 0 Å². The predicted octanol–water partition coefficient (Wildman–Crippen LogP) is 11.4. The number of ether oxygens (including phenoxy) is 7. The Morgan fingerprint density at radius 3 is 1.49 bits per heavy atom. The van der Waals surface area contributed by atoms with Gasteiger partial charge < -0.3 is 85.7 Å². The SMILES string of the molecule is CC(C)Oc1cccc2c(Cl)nc(Cl)nc12.CC(C)Oc1cccc2c(N3CCC[C@H]3C(N)=O)nc(Cl)nc12.COc1cc(-n2cnc(N)c2)cc(OC)c1OC.COc1cc(-n2cnc(Nc3nc(N4CCC[C@H]4C(N)=O)c4cccc(OC(C)C)c4n3)c2)cc(C)c1C.NC(=O)[C@@H]1CCCN1. The Balaban J connectivity index is 0.000000162. The van der Waals surface area contributed by atoms with Gasteiger partial charge in [-0.25, -0.2) is 29.9 Å². The lowest BCUT2D eigenvalue weighted by molar-refractivity contribution is -0.120. The lowest BCUT2D eigenvalue weighted by Gasteiger charge is -2.25. The van der Waals surface area contributed by atoms with E-state index >= 15 is 0 Å². The van der Waals surface area contributed by atoms with Gasteiger partial charge in [-0.2, -0.15) is 9.97 Å². The minimum atomic E-state index is -0.422. The van der Waals surface area contributed by atoms with Crippen LogP contribution in [0.3, 0.4) is 0 Å². The molecule has 3 saturated heterocycles. The summed E-state index contributed by atoms with van der Waals surface area (Å²) in [5.41, 5.74) is 27.8. The van der Waals surface area contributed by atoms with Crippen molar-refractivity contribution < 1.29 is 47.5 Å². The first-order valence-corrected chi connectivity index (χ1v) is 34.5. The third kappa shape index (κ3) is 19.0. The fourth-order valence-corrected chi connectivity index (χ4v) is 12.5. The van der Waals surface area contributed by atoms with Gasteiger partial charge in [0, 0.05) is 47.4 Å². The van der Waals surface area contributed by atoms with E-state index in [1.54, 1.807) is 51.9 Å². The molecule has 103 heavy (non-hydrogen) atoms. The maximum absolute atomic E-state index is 12.2. The molecule has 28 nitrogen and oxygen atoms in total. The Morgan fingerprint density at radius 2 is 1.02 bits per heavy atom. The number of carbonyl (C=O) groups is 3. The largest absolute Gasteiger partial charge is 0.496 e. The van der Waals surface area contributed by atoms with E-state index in [2.05, 4.69) is 53.5 Å². The Labute approximate surface area is 612 Å². The maximum atomic E-state index is 12.2. The average Bonchev–Trinajstić information content (AvgIpc) is 1.77. The number of imidazole rings is 2. The minimum Gasteiger partial charge on any atom is -0.496 e. The van der Waals surface area contributed by atoms with Crippen molar-refractivity contribution in [3.63, 3.8) is 0 Å². The Morgan fingerprint density at radius 1 is 0.544 bits per heavy atom. The molecule has 3 atom stereocenters. The van der Waals surface area contributed by atoms with Crippen LogP contribution in [-0.4, -0.2) is 151 Å². The van der Waals surface area contributed by atoms with E-state index < -0.39 is 6.04 Å². The molecule has 10 aromatic rings. The molecule has 10 N–H and O–H groups in total. The quantitative estimate of drug-likeness (QED) is 0.0323. The summed E-state index contributed by atoms with van der Waals surface area (Å²) in [6.07, 6.45) is 12.1. The molecule has 0 unspecified atom stereocenters. The monoisotopic (exact) mass is 1470 g/mol. The number of para-hydroxylation sites is 3. The van der Waals surface area contributed by atoms with Crippen molar-refractivity contribution in [2.75, 3.05) is 68.9 Å². The zero-order chi connectivity index (χ0) is 74.3. The first-order valence-electron chi connectivity index (χ1n) is 33.4. The van der Waals surface area contributed by atoms with Crippen molar-refractivity contribution in [3.8, 4) is 51.6 Å². The summed E-state index contributed by atoms with van der Waals surface area (Å²) in [5.74, 6) is 6.22. The van der Waals surface area contributed by atoms with Crippen LogP contribution in [0.2, 0.25) is 15.7 Å². The van der Waals surface area contributed by atoms with Crippen LogP contribution in [0.5, 0.6) is 40.2 Å². The highest BCUT2D eigenvalue weighted by molar-refractivity contribution is 6.36. The van der Waals surface area contributed by atoms with Crippen molar-refractivity contribution >= 4 is 114 Å². The molecule has 546 valence electrons. The van der Waals surface area contributed by atoms with Gasteiger partial charge >= 0.3 is 0 Å². The van der Waals surface area contributed by atoms with Crippen LogP contribution >= 0.6 is 34.8 Å². The summed E-state index contributed by atoms with van der Waals surface area (Å²) in [6.45, 7) is 18.2. The summed E-state index contributed by atoms with van der Waals surface area (Å²) in [5, 5.41) is 9.16. The van der Waals surface area contributed by atoms with Gasteiger partial charge in [-0.3, -0.25) is 14.4 Å². The van der Waals surface area contributed by atoms with Crippen molar-refractivity contribution in [2.24, 2.45) is 17.2 Å². The predicted molar refractivity (Wildman–Crippen MR) is 401 cm³/mol. The Kier molecular flexibility index (Phi) is 26.1. The highest BCUT2D eigenvalue weighted by Gasteiger charge is 2.34. The topological polar surface area (TPSA) is 363 Å². The number of nitrogens with zero attached hydrogens (tertiary/aromatic N) is 12. The number of fused-ring (bicyclic) bond motifs is 3. The van der Waals surface area contributed by atoms with Crippen LogP contribution in [0.25, 0.3) is 44.1 Å². The molecule has 0 aliphatic carbocycles. The number of benzene rings is 5. The van der Waals surface area contributed by atoms with E-state index in [1.165, 1.54) is 0 Å². The van der Waals surface area contributed by atoms with Crippen LogP contribution in [0.1, 0.15) is 91.2 Å². The molecular weight excluding hydrogens is 1380 g/mol. The number of rotatable bonds is 19. The third-order valence-corrected chi connectivity index (χ3v) is 17.2. The molecule has 5 aromatic carbocycles. The minimum absolute atomic E-state index is 0.0166. The second kappa shape index (κ2) is 35.0. The van der Waals surface area contributed by atoms with E-state index in [9.17, 15) is 14.4 Å². The normalized spacial score (nSPS) is 15.3. The molecule has 8 heterocycles. The first kappa shape index (κ1) is 76.8. The zero-order valence-electron chi connectivity index (χ0n) is 59.5. The number of halogens is 3. The second-order valence-corrected chi connectivity index (χ2v) is 26.0. The van der Waals surface area contributed by atoms with Crippen LogP contribution in [-0.2, 0) is 14.4 Å². The van der Waals surface area contributed by atoms with Crippen LogP contribution < -0.4 is 76.5 Å². The smallest absolute Gasteiger partial charge is 0.240 e. The first-order chi connectivity index (χ1) is 49.3. The number of nitrogens with one attached hydrogen (secondary N) is 2. The van der Waals surface area contributed by atoms with Crippen LogP contribution in [0.15, 0.2) is 104 Å². The van der Waals surface area contributed by atoms with E-state index in [4.69, 9.17) is 101 Å². The Hall–Kier alpha value is -10.4. The van der Waals surface area contributed by atoms with Gasteiger partial charge in [-0.1, -0.05) is 29.8 Å². The van der Waals surface area contributed by atoms with Gasteiger partial charge in [-0.05, 0) is 177 Å². The van der Waals surface area contributed by atoms with Crippen molar-refractivity contribution in [2.45, 2.75) is 130 Å². The molecule has 0 radical (unpaired) electrons. The second-order valence-electron chi connectivity index (χ2n) is 25.0. The van der Waals surface area contributed by atoms with Crippen molar-refractivity contribution in [3.05, 3.63) is 131 Å². The standard InChI is InChI=1S/C28H33N7O3.C16H19ClN4O2.C12H15N3O3.C11H10Cl2N2O.C5H10N2O/c1-16(2)38-22-10-6-8-20-25(22)32-28(33-27(20)35-11-7-9-21(35)26(29)36)31-24-14-34(15-30-24)19-12-17(3)18(4)23(13-19)37-5;1-9(2)23-12-7-3-5-10-13(12)19-16(17)20-15(10)21-8-4-6-11(21)14(18)22;1-16-9-4-8(15-6-11(13)14-7-15)5-10(17-2)12(9)18-3;1-6(2)16-8-5-3-4-7-9(8)14-11(13)15-10(7)12;6-5(8)4-2-1-3-7-4/h6,8,10,12-16,21H,7,9,11H2,1-5H3,(H2,29,36)(H,31,32,33);3,5,7,9,11H,4,6,8H2,1-2H3,(H2,18,22);4-7H,13H2,1-3H3;3-6H,1-2H3;4,7H,1-3H2,(H2,6,8)/t21-;11-;;;4-/m00..0/s1. The molecule has 0 bridgehead atoms. The van der Waals surface area contributed by atoms with E-state index in [-0.39, 0.29) is 58.7 Å². The fourth-order valence-electron chi connectivity index (χ4n) is 11.9. The molecule has 5 aromatic heterocycles. The lowest BCUT2D eigenvalue weighted by atomic mass is 10.1. The summed E-state index contributed by atoms with van der Waals surface area (Å²) in [6, 6.07) is 23.8. The third-order valence-electron chi connectivity index (χ3n) is 16.6. The number of hydrogen-bond acceptors (Lipinski definition) is 23. The highest BCUT2D eigenvalue weighted by Crippen LogP contribution is 2.41. The molecule has 31 heteroatoms. The molecule has 13 rings (SSSR count). The highest BCUT2D eigenvalue weighted by atomic mass is 35.5. The number of aryl methyl sites for hydroxylation is 1. The molecule has 3 fully saturated rings. The summed E-state index contributed by atoms with van der Waals surface area (Å²) < 4.78 is 42.6.